The normalized spacial score (nSPS) is 26.8. The molecule has 2 aliphatic heterocycles. The van der Waals surface area contributed by atoms with Gasteiger partial charge in [-0.2, -0.15) is 5.06 Å². The van der Waals surface area contributed by atoms with Gasteiger partial charge in [-0.25, -0.2) is 4.90 Å². The molecule has 6 nitrogen and oxygen atoms in total. The fourth-order valence-electron chi connectivity index (χ4n) is 4.87. The Morgan fingerprint density at radius 2 is 1.73 bits per heavy atom. The minimum absolute atomic E-state index is 0.104. The van der Waals surface area contributed by atoms with Gasteiger partial charge in [0.15, 0.2) is 5.78 Å². The summed E-state index contributed by atoms with van der Waals surface area (Å²) in [6.07, 6.45) is 0.373. The summed E-state index contributed by atoms with van der Waals surface area (Å²) >= 11 is 0. The van der Waals surface area contributed by atoms with Gasteiger partial charge in [0.2, 0.25) is 0 Å². The van der Waals surface area contributed by atoms with Crippen molar-refractivity contribution < 1.29 is 19.5 Å². The zero-order valence-corrected chi connectivity index (χ0v) is 16.4. The Labute approximate surface area is 155 Å². The number of aryl methyl sites for hydroxylation is 3. The fourth-order valence-corrected chi connectivity index (χ4v) is 4.87. The van der Waals surface area contributed by atoms with Gasteiger partial charge in [0, 0.05) is 20.2 Å². The number of methoxy groups -OCH3 is 1. The number of carbonyl (C=O) groups excluding carboxylic acids is 1. The van der Waals surface area contributed by atoms with E-state index in [4.69, 9.17) is 9.57 Å². The summed E-state index contributed by atoms with van der Waals surface area (Å²) in [6.45, 7) is 7.65. The van der Waals surface area contributed by atoms with Crippen LogP contribution in [0.5, 0.6) is 0 Å². The van der Waals surface area contributed by atoms with Gasteiger partial charge in [-0.1, -0.05) is 17.7 Å². The van der Waals surface area contributed by atoms with Crippen molar-refractivity contribution in [2.75, 3.05) is 34.0 Å². The number of hydroxylamine groups is 2. The molecule has 1 N–H and O–H groups in total. The van der Waals surface area contributed by atoms with Crippen LogP contribution in [0.4, 0.5) is 0 Å². The van der Waals surface area contributed by atoms with Crippen LogP contribution < -0.4 is 0 Å². The van der Waals surface area contributed by atoms with Crippen molar-refractivity contribution in [1.82, 2.24) is 9.96 Å². The molecule has 6 heteroatoms. The highest BCUT2D eigenvalue weighted by Crippen LogP contribution is 2.46. The summed E-state index contributed by atoms with van der Waals surface area (Å²) in [5, 5.41) is 13.0. The molecule has 2 atom stereocenters. The second-order valence-electron chi connectivity index (χ2n) is 7.60. The SMILES string of the molecule is COCN1C(O)C(c2c(C)cc(C)cc2C)C(=O)C12CCN(OC)CC2. The summed E-state index contributed by atoms with van der Waals surface area (Å²) in [7, 11) is 3.25. The van der Waals surface area contributed by atoms with Crippen LogP contribution in [-0.4, -0.2) is 66.7 Å². The van der Waals surface area contributed by atoms with Gasteiger partial charge >= 0.3 is 0 Å². The summed E-state index contributed by atoms with van der Waals surface area (Å²) < 4.78 is 5.36. The third-order valence-electron chi connectivity index (χ3n) is 6.03. The number of rotatable bonds is 4. The molecule has 2 aliphatic rings. The second-order valence-corrected chi connectivity index (χ2v) is 7.60. The standard InChI is InChI=1S/C20H30N2O4/c1-13-10-14(2)16(15(3)11-13)17-18(23)20(22(12-25-4)19(17)24)6-8-21(26-5)9-7-20/h10-11,17,19,24H,6-9,12H2,1-5H3. The molecule has 0 amide bonds. The maximum atomic E-state index is 13.6. The fraction of sp³-hybridized carbons (Fsp3) is 0.650. The number of hydrogen-bond donors (Lipinski definition) is 1. The van der Waals surface area contributed by atoms with E-state index in [0.29, 0.717) is 25.9 Å². The monoisotopic (exact) mass is 362 g/mol. The zero-order chi connectivity index (χ0) is 19.1. The van der Waals surface area contributed by atoms with Crippen LogP contribution in [0.1, 0.15) is 41.0 Å². The largest absolute Gasteiger partial charge is 0.377 e. The molecule has 2 saturated heterocycles. The molecule has 2 unspecified atom stereocenters. The van der Waals surface area contributed by atoms with Crippen LogP contribution in [0.15, 0.2) is 12.1 Å². The molecule has 1 aromatic rings. The number of piperidine rings is 1. The van der Waals surface area contributed by atoms with Crippen LogP contribution >= 0.6 is 0 Å². The number of nitrogens with zero attached hydrogens (tertiary/aromatic N) is 2. The third kappa shape index (κ3) is 3.00. The number of likely N-dealkylation sites (tertiary alicyclic amines) is 1. The van der Waals surface area contributed by atoms with Gasteiger partial charge < -0.3 is 14.7 Å². The van der Waals surface area contributed by atoms with Crippen molar-refractivity contribution in [2.45, 2.75) is 51.3 Å². The molecule has 2 fully saturated rings. The van der Waals surface area contributed by atoms with Crippen molar-refractivity contribution >= 4 is 5.78 Å². The van der Waals surface area contributed by atoms with Gasteiger partial charge in [0.05, 0.1) is 18.6 Å². The molecule has 0 aromatic heterocycles. The van der Waals surface area contributed by atoms with E-state index in [2.05, 4.69) is 19.1 Å². The minimum Gasteiger partial charge on any atom is -0.377 e. The summed E-state index contributed by atoms with van der Waals surface area (Å²) in [5.74, 6) is -0.437. The van der Waals surface area contributed by atoms with E-state index in [1.807, 2.05) is 23.8 Å². The highest BCUT2D eigenvalue weighted by molar-refractivity contribution is 5.97. The lowest BCUT2D eigenvalue weighted by Crippen LogP contribution is -2.57. The second kappa shape index (κ2) is 7.37. The van der Waals surface area contributed by atoms with E-state index in [9.17, 15) is 9.90 Å². The first-order chi connectivity index (χ1) is 12.4. The Morgan fingerprint density at radius 1 is 1.15 bits per heavy atom. The van der Waals surface area contributed by atoms with E-state index in [1.54, 1.807) is 14.2 Å². The van der Waals surface area contributed by atoms with E-state index in [-0.39, 0.29) is 12.5 Å². The number of ketones is 1. The number of hydrogen-bond acceptors (Lipinski definition) is 6. The molecule has 0 radical (unpaired) electrons. The van der Waals surface area contributed by atoms with E-state index in [1.165, 1.54) is 5.56 Å². The molecule has 0 bridgehead atoms. The van der Waals surface area contributed by atoms with Crippen molar-refractivity contribution in [3.05, 3.63) is 34.4 Å². The van der Waals surface area contributed by atoms with Crippen molar-refractivity contribution in [3.63, 3.8) is 0 Å². The third-order valence-corrected chi connectivity index (χ3v) is 6.03. The maximum absolute atomic E-state index is 13.6. The lowest BCUT2D eigenvalue weighted by atomic mass is 9.78. The average molecular weight is 362 g/mol. The smallest absolute Gasteiger partial charge is 0.164 e. The molecular weight excluding hydrogens is 332 g/mol. The number of benzene rings is 1. The molecule has 0 saturated carbocycles. The summed E-state index contributed by atoms with van der Waals surface area (Å²) in [4.78, 5) is 20.8. The molecule has 3 rings (SSSR count). The molecular formula is C20H30N2O4. The predicted octanol–water partition coefficient (Wildman–Crippen LogP) is 1.90. The zero-order valence-electron chi connectivity index (χ0n) is 16.4. The van der Waals surface area contributed by atoms with E-state index in [0.717, 1.165) is 16.7 Å². The average Bonchev–Trinajstić information content (AvgIpc) is 2.78. The molecule has 0 aliphatic carbocycles. The van der Waals surface area contributed by atoms with Crippen LogP contribution in [0.2, 0.25) is 0 Å². The quantitative estimate of drug-likeness (QED) is 0.883. The number of aliphatic hydroxyl groups is 1. The molecule has 26 heavy (non-hydrogen) atoms. The van der Waals surface area contributed by atoms with E-state index >= 15 is 0 Å². The predicted molar refractivity (Wildman–Crippen MR) is 98.7 cm³/mol. The van der Waals surface area contributed by atoms with Gasteiger partial charge in [-0.15, -0.1) is 0 Å². The van der Waals surface area contributed by atoms with Gasteiger partial charge in [-0.3, -0.25) is 4.79 Å². The number of ether oxygens (including phenoxy) is 1. The molecule has 144 valence electrons. The minimum atomic E-state index is -0.878. The Balaban J connectivity index is 2.03. The number of carbonyl (C=O) groups is 1. The van der Waals surface area contributed by atoms with Gasteiger partial charge in [-0.05, 0) is 50.3 Å². The lowest BCUT2D eigenvalue weighted by Gasteiger charge is -2.42. The van der Waals surface area contributed by atoms with Gasteiger partial charge in [0.25, 0.3) is 0 Å². The molecule has 2 heterocycles. The van der Waals surface area contributed by atoms with Crippen molar-refractivity contribution in [3.8, 4) is 0 Å². The summed E-state index contributed by atoms with van der Waals surface area (Å²) in [6, 6.07) is 4.17. The first kappa shape index (κ1) is 19.5. The van der Waals surface area contributed by atoms with Crippen LogP contribution in [0, 0.1) is 20.8 Å². The lowest BCUT2D eigenvalue weighted by molar-refractivity contribution is -0.177. The Kier molecular flexibility index (Phi) is 5.51. The van der Waals surface area contributed by atoms with Gasteiger partial charge in [0.1, 0.15) is 13.0 Å². The Morgan fingerprint density at radius 3 is 2.23 bits per heavy atom. The topological polar surface area (TPSA) is 62.2 Å². The Bertz CT molecular complexity index is 659. The molecule has 1 aromatic carbocycles. The van der Waals surface area contributed by atoms with E-state index < -0.39 is 17.7 Å². The van der Waals surface area contributed by atoms with Crippen LogP contribution in [-0.2, 0) is 14.4 Å². The highest BCUT2D eigenvalue weighted by atomic mass is 16.7. The number of aliphatic hydroxyl groups excluding tert-OH is 1. The number of Topliss-reactive ketones (excluding diaryl/α,β-unsaturated/α-hetero) is 1. The maximum Gasteiger partial charge on any atom is 0.164 e. The Hall–Kier alpha value is -1.31. The first-order valence-corrected chi connectivity index (χ1v) is 9.20. The van der Waals surface area contributed by atoms with Crippen LogP contribution in [0.25, 0.3) is 0 Å². The summed E-state index contributed by atoms with van der Waals surface area (Å²) in [5.41, 5.74) is 3.55. The highest BCUT2D eigenvalue weighted by Gasteiger charge is 2.59. The van der Waals surface area contributed by atoms with Crippen molar-refractivity contribution in [1.29, 1.82) is 0 Å². The molecule has 1 spiro atoms. The van der Waals surface area contributed by atoms with Crippen LogP contribution in [0.3, 0.4) is 0 Å². The first-order valence-electron chi connectivity index (χ1n) is 9.20. The van der Waals surface area contributed by atoms with Crippen molar-refractivity contribution in [2.24, 2.45) is 0 Å².